The molecular weight excluding hydrogens is 409 g/mol. The molecule has 3 aromatic rings. The number of nitrogens with one attached hydrogen (secondary N) is 1. The first-order chi connectivity index (χ1) is 14.1. The van der Waals surface area contributed by atoms with Crippen LogP contribution in [0.1, 0.15) is 23.0 Å². The molecule has 0 fully saturated rings. The van der Waals surface area contributed by atoms with Gasteiger partial charge in [-0.2, -0.15) is 0 Å². The molecule has 0 spiro atoms. The number of halogens is 1. The van der Waals surface area contributed by atoms with Gasteiger partial charge >= 0.3 is 0 Å². The van der Waals surface area contributed by atoms with E-state index in [9.17, 15) is 17.6 Å². The first kappa shape index (κ1) is 21.7. The Kier molecular flexibility index (Phi) is 6.04. The van der Waals surface area contributed by atoms with Gasteiger partial charge < -0.3 is 10.1 Å². The summed E-state index contributed by atoms with van der Waals surface area (Å²) < 4.78 is 45.4. The second-order valence-electron chi connectivity index (χ2n) is 6.81. The molecule has 7 nitrogen and oxygen atoms in total. The summed E-state index contributed by atoms with van der Waals surface area (Å²) in [6.45, 7) is 3.75. The lowest BCUT2D eigenvalue weighted by atomic mass is 10.1. The van der Waals surface area contributed by atoms with Gasteiger partial charge in [0.25, 0.3) is 5.91 Å². The van der Waals surface area contributed by atoms with Gasteiger partial charge in [-0.15, -0.1) is 0 Å². The number of fused-ring (bicyclic) bond motifs is 1. The van der Waals surface area contributed by atoms with Gasteiger partial charge in [-0.3, -0.25) is 9.78 Å². The van der Waals surface area contributed by atoms with Crippen molar-refractivity contribution in [1.82, 2.24) is 9.29 Å². The van der Waals surface area contributed by atoms with Crippen molar-refractivity contribution in [2.75, 3.05) is 26.0 Å². The molecule has 0 aliphatic rings. The number of anilines is 1. The number of benzene rings is 2. The quantitative estimate of drug-likeness (QED) is 0.644. The highest BCUT2D eigenvalue weighted by Gasteiger charge is 2.23. The fourth-order valence-corrected chi connectivity index (χ4v) is 4.03. The van der Waals surface area contributed by atoms with Crippen LogP contribution in [0.5, 0.6) is 5.75 Å². The van der Waals surface area contributed by atoms with Crippen LogP contribution < -0.4 is 10.1 Å². The number of nitrogens with zero attached hydrogens (tertiary/aromatic N) is 2. The molecule has 2 aromatic carbocycles. The Morgan fingerprint density at radius 2 is 1.90 bits per heavy atom. The summed E-state index contributed by atoms with van der Waals surface area (Å²) in [5, 5.41) is 3.21. The fraction of sp³-hybridized carbons (Fsp3) is 0.238. The van der Waals surface area contributed by atoms with E-state index in [1.54, 1.807) is 26.0 Å². The molecule has 0 saturated heterocycles. The van der Waals surface area contributed by atoms with Crippen molar-refractivity contribution < 1.29 is 22.3 Å². The number of aryl methyl sites for hydroxylation is 1. The Bertz CT molecular complexity index is 1220. The van der Waals surface area contributed by atoms with Gasteiger partial charge in [0.2, 0.25) is 10.0 Å². The molecule has 1 aromatic heterocycles. The zero-order valence-electron chi connectivity index (χ0n) is 17.1. The Morgan fingerprint density at radius 1 is 1.17 bits per heavy atom. The van der Waals surface area contributed by atoms with Crippen molar-refractivity contribution >= 4 is 32.5 Å². The van der Waals surface area contributed by atoms with E-state index < -0.39 is 21.7 Å². The predicted octanol–water partition coefficient (Wildman–Crippen LogP) is 3.58. The van der Waals surface area contributed by atoms with Gasteiger partial charge in [-0.05, 0) is 50.2 Å². The molecular formula is C21H22FN3O4S. The highest BCUT2D eigenvalue weighted by Crippen LogP contribution is 2.30. The third-order valence-corrected chi connectivity index (χ3v) is 6.24. The van der Waals surface area contributed by atoms with Crippen LogP contribution in [0.4, 0.5) is 10.1 Å². The van der Waals surface area contributed by atoms with Crippen LogP contribution in [-0.2, 0) is 10.0 Å². The highest BCUT2D eigenvalue weighted by molar-refractivity contribution is 7.89. The van der Waals surface area contributed by atoms with Gasteiger partial charge in [0.15, 0.2) is 0 Å². The zero-order valence-corrected chi connectivity index (χ0v) is 17.9. The first-order valence-corrected chi connectivity index (χ1v) is 10.6. The summed E-state index contributed by atoms with van der Waals surface area (Å²) in [7, 11) is -0.957. The Morgan fingerprint density at radius 3 is 2.57 bits per heavy atom. The number of aromatic nitrogens is 1. The topological polar surface area (TPSA) is 88.6 Å². The summed E-state index contributed by atoms with van der Waals surface area (Å²) in [4.78, 5) is 17.2. The average molecular weight is 431 g/mol. The Balaban J connectivity index is 2.03. The third kappa shape index (κ3) is 4.27. The third-order valence-electron chi connectivity index (χ3n) is 4.40. The van der Waals surface area contributed by atoms with Crippen molar-refractivity contribution in [1.29, 1.82) is 0 Å². The number of rotatable bonds is 6. The predicted molar refractivity (Wildman–Crippen MR) is 113 cm³/mol. The van der Waals surface area contributed by atoms with Crippen LogP contribution in [0.3, 0.4) is 0 Å². The summed E-state index contributed by atoms with van der Waals surface area (Å²) >= 11 is 0. The van der Waals surface area contributed by atoms with Crippen molar-refractivity contribution in [3.8, 4) is 5.75 Å². The van der Waals surface area contributed by atoms with E-state index in [2.05, 4.69) is 10.3 Å². The minimum atomic E-state index is -3.79. The number of amides is 1. The molecule has 1 heterocycles. The van der Waals surface area contributed by atoms with E-state index in [0.717, 1.165) is 4.31 Å². The van der Waals surface area contributed by atoms with Gasteiger partial charge in [-0.1, -0.05) is 0 Å². The number of hydrogen-bond acceptors (Lipinski definition) is 5. The minimum absolute atomic E-state index is 0.0509. The van der Waals surface area contributed by atoms with Gasteiger partial charge in [0, 0.05) is 36.9 Å². The number of carbonyl (C=O) groups excluding carboxylic acids is 1. The van der Waals surface area contributed by atoms with Crippen molar-refractivity contribution in [2.24, 2.45) is 0 Å². The number of pyridine rings is 1. The van der Waals surface area contributed by atoms with Crippen LogP contribution in [0.25, 0.3) is 10.9 Å². The molecule has 0 aliphatic carbocycles. The molecule has 0 bridgehead atoms. The van der Waals surface area contributed by atoms with Crippen LogP contribution in [0.15, 0.2) is 47.4 Å². The fourth-order valence-electron chi connectivity index (χ4n) is 2.98. The van der Waals surface area contributed by atoms with Crippen LogP contribution in [0, 0.1) is 12.7 Å². The maximum absolute atomic E-state index is 13.6. The molecule has 30 heavy (non-hydrogen) atoms. The number of sulfonamides is 1. The van der Waals surface area contributed by atoms with E-state index >= 15 is 0 Å². The summed E-state index contributed by atoms with van der Waals surface area (Å²) in [6.07, 6.45) is 0. The van der Waals surface area contributed by atoms with Gasteiger partial charge in [-0.25, -0.2) is 17.1 Å². The number of carbonyl (C=O) groups is 1. The van der Waals surface area contributed by atoms with E-state index in [1.165, 1.54) is 44.4 Å². The maximum Gasteiger partial charge on any atom is 0.256 e. The smallest absolute Gasteiger partial charge is 0.256 e. The Hall–Kier alpha value is -3.04. The van der Waals surface area contributed by atoms with Crippen LogP contribution in [-0.4, -0.2) is 44.3 Å². The molecule has 0 radical (unpaired) electrons. The molecule has 0 aliphatic heterocycles. The lowest BCUT2D eigenvalue weighted by molar-refractivity contribution is 0.102. The first-order valence-electron chi connectivity index (χ1n) is 9.21. The molecule has 0 atom stereocenters. The standard InChI is InChI=1S/C21H22FN3O4S/c1-5-29-19-9-7-15(12-20(19)30(27,28)25(3)4)24-21(26)17-10-13(2)23-18-11-14(22)6-8-16(17)18/h6-12H,5H2,1-4H3,(H,24,26). The SMILES string of the molecule is CCOc1ccc(NC(=O)c2cc(C)nc3cc(F)ccc23)cc1S(=O)(=O)N(C)C. The van der Waals surface area contributed by atoms with Crippen LogP contribution in [0.2, 0.25) is 0 Å². The van der Waals surface area contributed by atoms with E-state index in [-0.39, 0.29) is 16.3 Å². The molecule has 1 N–H and O–H groups in total. The molecule has 9 heteroatoms. The lowest BCUT2D eigenvalue weighted by Crippen LogP contribution is -2.23. The zero-order chi connectivity index (χ0) is 22.1. The van der Waals surface area contributed by atoms with Gasteiger partial charge in [0.1, 0.15) is 16.5 Å². The van der Waals surface area contributed by atoms with Crippen molar-refractivity contribution in [2.45, 2.75) is 18.7 Å². The highest BCUT2D eigenvalue weighted by atomic mass is 32.2. The molecule has 1 amide bonds. The van der Waals surface area contributed by atoms with E-state index in [4.69, 9.17) is 4.74 Å². The second kappa shape index (κ2) is 8.37. The second-order valence-corrected chi connectivity index (χ2v) is 8.93. The molecule has 0 unspecified atom stereocenters. The number of ether oxygens (including phenoxy) is 1. The molecule has 158 valence electrons. The Labute approximate surface area is 174 Å². The molecule has 3 rings (SSSR count). The largest absolute Gasteiger partial charge is 0.492 e. The summed E-state index contributed by atoms with van der Waals surface area (Å²) in [5.41, 5.74) is 1.51. The maximum atomic E-state index is 13.6. The summed E-state index contributed by atoms with van der Waals surface area (Å²) in [6, 6.07) is 10.0. The van der Waals surface area contributed by atoms with Gasteiger partial charge in [0.05, 0.1) is 17.7 Å². The van der Waals surface area contributed by atoms with Crippen molar-refractivity contribution in [3.05, 3.63) is 59.5 Å². The minimum Gasteiger partial charge on any atom is -0.492 e. The summed E-state index contributed by atoms with van der Waals surface area (Å²) in [5.74, 6) is -0.712. The van der Waals surface area contributed by atoms with Crippen molar-refractivity contribution in [3.63, 3.8) is 0 Å². The lowest BCUT2D eigenvalue weighted by Gasteiger charge is -2.17. The van der Waals surface area contributed by atoms with E-state index in [0.29, 0.717) is 28.8 Å². The molecule has 0 saturated carbocycles. The number of hydrogen-bond donors (Lipinski definition) is 1. The average Bonchev–Trinajstić information content (AvgIpc) is 2.68. The normalized spacial score (nSPS) is 11.7. The monoisotopic (exact) mass is 431 g/mol. The van der Waals surface area contributed by atoms with Crippen LogP contribution >= 0.6 is 0 Å². The van der Waals surface area contributed by atoms with E-state index in [1.807, 2.05) is 0 Å².